The molecule has 0 saturated carbocycles. The van der Waals surface area contributed by atoms with Gasteiger partial charge in [-0.1, -0.05) is 60.7 Å². The number of fused-ring (bicyclic) bond motifs is 2. The molecule has 0 saturated heterocycles. The molecule has 128 valence electrons. The number of H-pyrrole nitrogens is 1. The molecule has 4 aromatic rings. The van der Waals surface area contributed by atoms with Crippen molar-refractivity contribution >= 4 is 16.6 Å². The van der Waals surface area contributed by atoms with Gasteiger partial charge in [-0.15, -0.1) is 0 Å². The van der Waals surface area contributed by atoms with Crippen LogP contribution in [0.2, 0.25) is 0 Å². The van der Waals surface area contributed by atoms with Crippen LogP contribution in [0, 0.1) is 6.92 Å². The van der Waals surface area contributed by atoms with Gasteiger partial charge in [-0.25, -0.2) is 0 Å². The fourth-order valence-corrected chi connectivity index (χ4v) is 4.35. The molecule has 1 atom stereocenters. The van der Waals surface area contributed by atoms with Crippen LogP contribution in [0.15, 0.2) is 78.9 Å². The van der Waals surface area contributed by atoms with Crippen molar-refractivity contribution in [2.45, 2.75) is 19.4 Å². The lowest BCUT2D eigenvalue weighted by atomic mass is 9.89. The topological polar surface area (TPSA) is 19.0 Å². The number of rotatable bonds is 2. The molecule has 5 rings (SSSR count). The zero-order valence-corrected chi connectivity index (χ0v) is 14.9. The minimum absolute atomic E-state index is 0.217. The van der Waals surface area contributed by atoms with Gasteiger partial charge >= 0.3 is 0 Å². The van der Waals surface area contributed by atoms with Crippen LogP contribution < -0.4 is 4.90 Å². The summed E-state index contributed by atoms with van der Waals surface area (Å²) in [5.74, 6) is 0. The highest BCUT2D eigenvalue weighted by Gasteiger charge is 2.31. The number of aromatic nitrogens is 1. The summed E-state index contributed by atoms with van der Waals surface area (Å²) in [4.78, 5) is 6.27. The quantitative estimate of drug-likeness (QED) is 0.502. The molecular formula is C24H22N2. The van der Waals surface area contributed by atoms with E-state index < -0.39 is 0 Å². The van der Waals surface area contributed by atoms with E-state index >= 15 is 0 Å². The third kappa shape index (κ3) is 2.33. The molecular weight excluding hydrogens is 316 g/mol. The summed E-state index contributed by atoms with van der Waals surface area (Å²) in [5.41, 5.74) is 8.03. The van der Waals surface area contributed by atoms with Crippen molar-refractivity contribution in [3.8, 4) is 0 Å². The van der Waals surface area contributed by atoms with Crippen molar-refractivity contribution in [2.24, 2.45) is 0 Å². The van der Waals surface area contributed by atoms with Crippen molar-refractivity contribution in [1.29, 1.82) is 0 Å². The highest BCUT2D eigenvalue weighted by Crippen LogP contribution is 2.40. The summed E-state index contributed by atoms with van der Waals surface area (Å²) in [7, 11) is 0. The SMILES string of the molecule is Cc1c(C2c3ccccc3CCN2c2ccccc2)[nH]c2ccccc12. The summed E-state index contributed by atoms with van der Waals surface area (Å²) in [6.07, 6.45) is 1.08. The molecule has 2 heterocycles. The lowest BCUT2D eigenvalue weighted by Crippen LogP contribution is -2.36. The van der Waals surface area contributed by atoms with Gasteiger partial charge in [0.1, 0.15) is 0 Å². The van der Waals surface area contributed by atoms with E-state index in [0.29, 0.717) is 0 Å². The average Bonchev–Trinajstić information content (AvgIpc) is 3.04. The molecule has 0 aliphatic carbocycles. The number of hydrogen-bond acceptors (Lipinski definition) is 1. The van der Waals surface area contributed by atoms with Crippen molar-refractivity contribution < 1.29 is 0 Å². The third-order valence-electron chi connectivity index (χ3n) is 5.65. The standard InChI is InChI=1S/C24H22N2/c1-17-20-12-7-8-14-22(20)25-23(17)24-21-13-6-5-9-18(21)15-16-26(24)19-10-3-2-4-11-19/h2-14,24-25H,15-16H2,1H3. The van der Waals surface area contributed by atoms with E-state index in [1.807, 2.05) is 0 Å². The number of aromatic amines is 1. The van der Waals surface area contributed by atoms with Gasteiger partial charge in [-0.2, -0.15) is 0 Å². The number of benzene rings is 3. The van der Waals surface area contributed by atoms with Crippen LogP contribution in [0.3, 0.4) is 0 Å². The highest BCUT2D eigenvalue weighted by atomic mass is 15.2. The van der Waals surface area contributed by atoms with Crippen LogP contribution in [0.25, 0.3) is 10.9 Å². The van der Waals surface area contributed by atoms with E-state index in [9.17, 15) is 0 Å². The Hall–Kier alpha value is -3.00. The van der Waals surface area contributed by atoms with Crippen LogP contribution in [-0.2, 0) is 6.42 Å². The van der Waals surface area contributed by atoms with E-state index in [2.05, 4.69) is 95.7 Å². The molecule has 1 aromatic heterocycles. The zero-order valence-electron chi connectivity index (χ0n) is 14.9. The first-order valence-electron chi connectivity index (χ1n) is 9.29. The van der Waals surface area contributed by atoms with Crippen LogP contribution >= 0.6 is 0 Å². The van der Waals surface area contributed by atoms with E-state index in [1.54, 1.807) is 0 Å². The molecule has 0 radical (unpaired) electrons. The smallest absolute Gasteiger partial charge is 0.0950 e. The fourth-order valence-electron chi connectivity index (χ4n) is 4.35. The Morgan fingerprint density at radius 3 is 2.42 bits per heavy atom. The van der Waals surface area contributed by atoms with Gasteiger partial charge in [0.05, 0.1) is 6.04 Å². The van der Waals surface area contributed by atoms with Gasteiger partial charge in [-0.3, -0.25) is 0 Å². The maximum absolute atomic E-state index is 3.73. The highest BCUT2D eigenvalue weighted by molar-refractivity contribution is 5.85. The Bertz CT molecular complexity index is 1060. The second-order valence-electron chi connectivity index (χ2n) is 7.09. The number of para-hydroxylation sites is 2. The van der Waals surface area contributed by atoms with E-state index in [-0.39, 0.29) is 6.04 Å². The molecule has 3 aromatic carbocycles. The lowest BCUT2D eigenvalue weighted by molar-refractivity contribution is 0.640. The largest absolute Gasteiger partial charge is 0.359 e. The fraction of sp³-hybridized carbons (Fsp3) is 0.167. The third-order valence-corrected chi connectivity index (χ3v) is 5.65. The maximum Gasteiger partial charge on any atom is 0.0950 e. The normalized spacial score (nSPS) is 16.7. The average molecular weight is 338 g/mol. The first-order chi connectivity index (χ1) is 12.8. The molecule has 2 heteroatoms. The van der Waals surface area contributed by atoms with Crippen LogP contribution in [-0.4, -0.2) is 11.5 Å². The monoisotopic (exact) mass is 338 g/mol. The molecule has 1 aliphatic heterocycles. The first kappa shape index (κ1) is 15.3. The molecule has 2 nitrogen and oxygen atoms in total. The van der Waals surface area contributed by atoms with Gasteiger partial charge in [0.2, 0.25) is 0 Å². The van der Waals surface area contributed by atoms with Gasteiger partial charge in [0, 0.05) is 28.8 Å². The Morgan fingerprint density at radius 2 is 1.58 bits per heavy atom. The summed E-state index contributed by atoms with van der Waals surface area (Å²) in [6, 6.07) is 28.5. The van der Waals surface area contributed by atoms with Crippen molar-refractivity contribution in [1.82, 2.24) is 4.98 Å². The predicted molar refractivity (Wildman–Crippen MR) is 109 cm³/mol. The number of nitrogens with zero attached hydrogens (tertiary/aromatic N) is 1. The second-order valence-corrected chi connectivity index (χ2v) is 7.09. The Morgan fingerprint density at radius 1 is 0.846 bits per heavy atom. The molecule has 0 fully saturated rings. The molecule has 0 amide bonds. The van der Waals surface area contributed by atoms with Crippen molar-refractivity contribution in [2.75, 3.05) is 11.4 Å². The summed E-state index contributed by atoms with van der Waals surface area (Å²) in [6.45, 7) is 3.27. The molecule has 1 aliphatic rings. The van der Waals surface area contributed by atoms with Gasteiger partial charge < -0.3 is 9.88 Å². The summed E-state index contributed by atoms with van der Waals surface area (Å²) < 4.78 is 0. The summed E-state index contributed by atoms with van der Waals surface area (Å²) >= 11 is 0. The Kier molecular flexibility index (Phi) is 3.56. The summed E-state index contributed by atoms with van der Waals surface area (Å²) in [5, 5.41) is 1.32. The van der Waals surface area contributed by atoms with Crippen molar-refractivity contribution in [3.05, 3.63) is 101 Å². The minimum Gasteiger partial charge on any atom is -0.359 e. The molecule has 1 unspecified atom stereocenters. The number of anilines is 1. The molecule has 0 bridgehead atoms. The molecule has 0 spiro atoms. The second kappa shape index (κ2) is 6.06. The van der Waals surface area contributed by atoms with Crippen LogP contribution in [0.1, 0.15) is 28.4 Å². The Labute approximate surface area is 154 Å². The van der Waals surface area contributed by atoms with Crippen LogP contribution in [0.4, 0.5) is 5.69 Å². The minimum atomic E-state index is 0.217. The van der Waals surface area contributed by atoms with E-state index in [0.717, 1.165) is 13.0 Å². The van der Waals surface area contributed by atoms with Gasteiger partial charge in [0.25, 0.3) is 0 Å². The van der Waals surface area contributed by atoms with Gasteiger partial charge in [-0.05, 0) is 48.2 Å². The molecule has 1 N–H and O–H groups in total. The number of nitrogens with one attached hydrogen (secondary N) is 1. The van der Waals surface area contributed by atoms with Crippen LogP contribution in [0.5, 0.6) is 0 Å². The molecule has 26 heavy (non-hydrogen) atoms. The first-order valence-corrected chi connectivity index (χ1v) is 9.29. The zero-order chi connectivity index (χ0) is 17.5. The number of hydrogen-bond donors (Lipinski definition) is 1. The van der Waals surface area contributed by atoms with E-state index in [1.165, 1.54) is 39.0 Å². The predicted octanol–water partition coefficient (Wildman–Crippen LogP) is 5.63. The number of aryl methyl sites for hydroxylation is 1. The Balaban J connectivity index is 1.74. The lowest BCUT2D eigenvalue weighted by Gasteiger charge is -2.39. The van der Waals surface area contributed by atoms with Crippen molar-refractivity contribution in [3.63, 3.8) is 0 Å². The van der Waals surface area contributed by atoms with E-state index in [4.69, 9.17) is 0 Å². The van der Waals surface area contributed by atoms with Gasteiger partial charge in [0.15, 0.2) is 0 Å². The maximum atomic E-state index is 3.73.